The average Bonchev–Trinajstić information content (AvgIpc) is 2.27. The Labute approximate surface area is 103 Å². The molecule has 0 saturated carbocycles. The lowest BCUT2D eigenvalue weighted by atomic mass is 10.4. The normalized spacial score (nSPS) is 10.2. The van der Waals surface area contributed by atoms with Gasteiger partial charge in [0.15, 0.2) is 0 Å². The summed E-state index contributed by atoms with van der Waals surface area (Å²) in [7, 11) is 0. The zero-order chi connectivity index (χ0) is 11.7. The number of nitrogens with two attached hydrogens (primary N) is 1. The molecule has 0 aromatic carbocycles. The number of halogens is 2. The molecule has 0 aliphatic carbocycles. The molecule has 0 saturated heterocycles. The van der Waals surface area contributed by atoms with Crippen LogP contribution in [0.4, 0.5) is 0 Å². The monoisotopic (exact) mass is 249 g/mol. The highest BCUT2D eigenvalue weighted by atomic mass is 35.5. The van der Waals surface area contributed by atoms with Crippen LogP contribution in [0.15, 0.2) is 24.3 Å². The Bertz CT molecular complexity index is 98.7. The molecule has 4 heteroatoms. The summed E-state index contributed by atoms with van der Waals surface area (Å²) in [4.78, 5) is 0. The number of hydrogen-bond acceptors (Lipinski definition) is 1. The van der Waals surface area contributed by atoms with Gasteiger partial charge in [-0.1, -0.05) is 31.2 Å². The van der Waals surface area contributed by atoms with Gasteiger partial charge in [0.05, 0.1) is 1.12 Å². The van der Waals surface area contributed by atoms with Crippen molar-refractivity contribution in [2.45, 2.75) is 20.2 Å². The van der Waals surface area contributed by atoms with Gasteiger partial charge in [-0.3, -0.25) is 0 Å². The van der Waals surface area contributed by atoms with Gasteiger partial charge in [-0.25, -0.2) is 0 Å². The van der Waals surface area contributed by atoms with E-state index in [1.54, 1.807) is 0 Å². The summed E-state index contributed by atoms with van der Waals surface area (Å²) in [6.07, 6.45) is 8.54. The minimum Gasteiger partial charge on any atom is -0.327 e. The lowest BCUT2D eigenvalue weighted by molar-refractivity contribution is 1.22. The van der Waals surface area contributed by atoms with Gasteiger partial charge in [-0.2, -0.15) is 13.4 Å². The maximum atomic E-state index is 6.62. The van der Waals surface area contributed by atoms with Gasteiger partial charge in [-0.15, -0.1) is 24.0 Å². The molecule has 0 fully saturated rings. The highest BCUT2D eigenvalue weighted by Gasteiger charge is 1.61. The maximum Gasteiger partial charge on any atom is 0.0985 e. The molecule has 0 aromatic heterocycles. The van der Waals surface area contributed by atoms with E-state index in [1.807, 2.05) is 24.3 Å². The summed E-state index contributed by atoms with van der Waals surface area (Å²) < 4.78 is 12.1. The van der Waals surface area contributed by atoms with E-state index >= 15 is 0 Å². The molecule has 0 atom stereocenters. The third-order valence-corrected chi connectivity index (χ3v) is 0.972. The molecule has 0 unspecified atom stereocenters. The van der Waals surface area contributed by atoms with Crippen LogP contribution in [0.3, 0.4) is 0 Å². The van der Waals surface area contributed by atoms with Crippen LogP contribution in [0.5, 0.6) is 0 Å². The van der Waals surface area contributed by atoms with Crippen molar-refractivity contribution in [3.8, 4) is 0 Å². The Morgan fingerprint density at radius 2 is 2.08 bits per heavy atom. The molecular weight excluding hydrogens is 225 g/mol. The van der Waals surface area contributed by atoms with Crippen molar-refractivity contribution >= 4 is 37.4 Å². The topological polar surface area (TPSA) is 26.0 Å². The van der Waals surface area contributed by atoms with E-state index < -0.39 is 0 Å². The fourth-order valence-corrected chi connectivity index (χ4v) is 0.452. The molecule has 1 nitrogen and oxygen atoms in total. The molecule has 82 valence electrons. The van der Waals surface area contributed by atoms with Crippen molar-refractivity contribution in [3.63, 3.8) is 0 Å². The first-order valence-corrected chi connectivity index (χ1v) is 4.22. The van der Waals surface area contributed by atoms with Crippen molar-refractivity contribution < 1.29 is 1.37 Å². The Morgan fingerprint density at radius 1 is 1.46 bits per heavy atom. The van der Waals surface area contributed by atoms with Gasteiger partial charge in [0.1, 0.15) is 0 Å². The van der Waals surface area contributed by atoms with Gasteiger partial charge in [-0.05, 0) is 13.3 Å². The molecular formula is C9H21Cl2NS. The Balaban J connectivity index is -0.0000000653. The number of allylic oxidation sites excluding steroid dienone is 3. The molecule has 0 aliphatic heterocycles. The van der Waals surface area contributed by atoms with E-state index in [1.165, 1.54) is 0 Å². The number of alkyl halides is 1. The number of rotatable bonds is 3. The Hall–Kier alpha value is 0.370. The Kier molecular flexibility index (Phi) is 35.8. The van der Waals surface area contributed by atoms with E-state index in [0.29, 0.717) is 19.3 Å². The Morgan fingerprint density at radius 3 is 2.23 bits per heavy atom. The summed E-state index contributed by atoms with van der Waals surface area (Å²) in [6, 6.07) is 0. The zero-order valence-corrected chi connectivity index (χ0v) is 10.4. The first kappa shape index (κ1) is 15.8. The van der Waals surface area contributed by atoms with Crippen LogP contribution < -0.4 is 5.73 Å². The molecule has 0 heterocycles. The standard InChI is InChI=1S/C5H10.C4H8ClN.ClH.H2S/c1-3-5-4-2;5-3-1-2-4-6;;/h3,5H,4H2,1-2H3;1-2H,3-4,6H2;1H;1H2/b5-3-;2-1-;;/i1T;;;/hT. The van der Waals surface area contributed by atoms with Crippen molar-refractivity contribution in [1.29, 1.82) is 1.12 Å². The predicted octanol–water partition coefficient (Wildman–Crippen LogP) is 3.25. The molecule has 0 radical (unpaired) electrons. The molecule has 0 aromatic rings. The van der Waals surface area contributed by atoms with E-state index in [-0.39, 0.29) is 12.4 Å². The fraction of sp³-hybridized carbons (Fsp3) is 0.556. The SMILES string of the molecule is Cl.NC/C=C\CCl.[3H]C/C=C\CC.[3H]S. The highest BCUT2D eigenvalue weighted by molar-refractivity contribution is 7.59. The first-order valence-electron chi connectivity index (χ1n) is 4.84. The van der Waals surface area contributed by atoms with E-state index in [4.69, 9.17) is 19.8 Å². The molecule has 0 aliphatic rings. The van der Waals surface area contributed by atoms with E-state index in [0.717, 1.165) is 6.42 Å². The first-order chi connectivity index (χ1) is 6.83. The summed E-state index contributed by atoms with van der Waals surface area (Å²) in [6.45, 7) is 3.08. The smallest absolute Gasteiger partial charge is 0.0985 e. The van der Waals surface area contributed by atoms with Crippen LogP contribution >= 0.6 is 37.4 Å². The third-order valence-electron chi connectivity index (χ3n) is 0.794. The largest absolute Gasteiger partial charge is 0.327 e. The van der Waals surface area contributed by atoms with Crippen LogP contribution in [0.25, 0.3) is 0 Å². The predicted molar refractivity (Wildman–Crippen MR) is 71.6 cm³/mol. The second-order valence-electron chi connectivity index (χ2n) is 1.74. The zero-order valence-electron chi connectivity index (χ0n) is 9.95. The van der Waals surface area contributed by atoms with Crippen LogP contribution in [-0.4, -0.2) is 13.5 Å². The minimum atomic E-state index is 0. The summed E-state index contributed by atoms with van der Waals surface area (Å²) >= 11 is 8.02. The fourth-order valence-electron chi connectivity index (χ4n) is 0.326. The molecule has 13 heavy (non-hydrogen) atoms. The third kappa shape index (κ3) is 46.1. The second-order valence-corrected chi connectivity index (χ2v) is 2.05. The van der Waals surface area contributed by atoms with Gasteiger partial charge in [0, 0.05) is 13.8 Å². The van der Waals surface area contributed by atoms with Crippen LogP contribution in [0.2, 0.25) is 0 Å². The lowest BCUT2D eigenvalue weighted by Gasteiger charge is -1.72. The summed E-state index contributed by atoms with van der Waals surface area (Å²) in [5, 5.41) is 0. The van der Waals surface area contributed by atoms with Crippen LogP contribution in [0.1, 0.15) is 21.6 Å². The van der Waals surface area contributed by atoms with E-state index in [2.05, 4.69) is 20.3 Å². The van der Waals surface area contributed by atoms with Crippen LogP contribution in [-0.2, 0) is 0 Å². The maximum absolute atomic E-state index is 6.62. The van der Waals surface area contributed by atoms with Crippen LogP contribution in [0, 0.1) is 0 Å². The molecule has 0 spiro atoms. The number of hydrogen-bond donors (Lipinski definition) is 1. The summed E-state index contributed by atoms with van der Waals surface area (Å²) in [5.74, 6) is 0.567. The molecule has 2 N–H and O–H groups in total. The lowest BCUT2D eigenvalue weighted by Crippen LogP contribution is -1.91. The van der Waals surface area contributed by atoms with Crippen molar-refractivity contribution in [3.05, 3.63) is 24.3 Å². The quantitative estimate of drug-likeness (QED) is 0.604. The molecule has 0 amide bonds. The minimum absolute atomic E-state index is 0. The molecule has 0 rings (SSSR count). The van der Waals surface area contributed by atoms with Crippen molar-refractivity contribution in [2.75, 3.05) is 12.4 Å². The second kappa shape index (κ2) is 29.4. The molecule has 0 bridgehead atoms. The van der Waals surface area contributed by atoms with Gasteiger partial charge < -0.3 is 5.73 Å². The van der Waals surface area contributed by atoms with Gasteiger partial charge in [0.2, 0.25) is 0 Å². The van der Waals surface area contributed by atoms with Gasteiger partial charge >= 0.3 is 0 Å². The van der Waals surface area contributed by atoms with Gasteiger partial charge in [0.25, 0.3) is 0 Å². The summed E-state index contributed by atoms with van der Waals surface area (Å²) in [5.41, 5.74) is 5.07. The van der Waals surface area contributed by atoms with Crippen molar-refractivity contribution in [1.82, 2.24) is 0 Å². The highest BCUT2D eigenvalue weighted by Crippen LogP contribution is 1.74. The van der Waals surface area contributed by atoms with E-state index in [9.17, 15) is 0 Å². The average molecular weight is 250 g/mol. The van der Waals surface area contributed by atoms with Crippen molar-refractivity contribution in [2.24, 2.45) is 5.73 Å².